The van der Waals surface area contributed by atoms with Crippen molar-refractivity contribution in [2.75, 3.05) is 26.9 Å². The summed E-state index contributed by atoms with van der Waals surface area (Å²) in [6.07, 6.45) is 1.69. The highest BCUT2D eigenvalue weighted by Crippen LogP contribution is 2.35. The fourth-order valence-corrected chi connectivity index (χ4v) is 3.19. The Bertz CT molecular complexity index is 689. The van der Waals surface area contributed by atoms with Crippen molar-refractivity contribution in [1.82, 2.24) is 5.32 Å². The second-order valence-corrected chi connectivity index (χ2v) is 6.28. The van der Waals surface area contributed by atoms with Crippen LogP contribution in [0.25, 0.3) is 0 Å². The number of carbonyl (C=O) groups excluding carboxylic acids is 1. The van der Waals surface area contributed by atoms with Crippen LogP contribution >= 0.6 is 11.6 Å². The van der Waals surface area contributed by atoms with E-state index in [1.54, 1.807) is 19.2 Å². The topological polar surface area (TPSA) is 60.7 Å². The highest BCUT2D eigenvalue weighted by molar-refractivity contribution is 6.29. The third-order valence-corrected chi connectivity index (χ3v) is 4.74. The third-order valence-electron chi connectivity index (χ3n) is 4.54. The molecule has 5 nitrogen and oxygen atoms in total. The maximum atomic E-state index is 12.3. The summed E-state index contributed by atoms with van der Waals surface area (Å²) >= 11 is 5.73. The first kappa shape index (κ1) is 16.9. The van der Waals surface area contributed by atoms with Crippen LogP contribution in [0.4, 0.5) is 0 Å². The monoisotopic (exact) mass is 349 g/mol. The number of rotatable bonds is 5. The summed E-state index contributed by atoms with van der Waals surface area (Å²) in [5.41, 5.74) is 1.01. The van der Waals surface area contributed by atoms with E-state index in [-0.39, 0.29) is 22.3 Å². The maximum Gasteiger partial charge on any atom is 0.287 e. The third kappa shape index (κ3) is 3.57. The molecule has 3 rings (SSSR count). The van der Waals surface area contributed by atoms with Crippen molar-refractivity contribution in [3.63, 3.8) is 0 Å². The number of furan rings is 1. The van der Waals surface area contributed by atoms with E-state index < -0.39 is 0 Å². The van der Waals surface area contributed by atoms with Gasteiger partial charge >= 0.3 is 0 Å². The minimum absolute atomic E-state index is 0.156. The molecule has 1 N–H and O–H groups in total. The van der Waals surface area contributed by atoms with Crippen LogP contribution in [0.3, 0.4) is 0 Å². The van der Waals surface area contributed by atoms with Crippen molar-refractivity contribution in [3.8, 4) is 5.75 Å². The largest absolute Gasteiger partial charge is 0.497 e. The van der Waals surface area contributed by atoms with E-state index in [1.807, 2.05) is 12.1 Å². The van der Waals surface area contributed by atoms with Crippen LogP contribution in [-0.4, -0.2) is 32.8 Å². The summed E-state index contributed by atoms with van der Waals surface area (Å²) < 4.78 is 15.9. The van der Waals surface area contributed by atoms with Gasteiger partial charge in [-0.3, -0.25) is 4.79 Å². The van der Waals surface area contributed by atoms with E-state index in [9.17, 15) is 4.79 Å². The molecule has 1 aliphatic heterocycles. The number of methoxy groups -OCH3 is 1. The average molecular weight is 350 g/mol. The standard InChI is InChI=1S/C18H20ClNO4/c1-22-14-4-2-13(3-5-14)18(8-10-23-11-9-18)12-20-17(21)15-6-7-16(19)24-15/h2-7H,8-12H2,1H3,(H,20,21). The fourth-order valence-electron chi connectivity index (χ4n) is 3.05. The number of benzene rings is 1. The Morgan fingerprint density at radius 3 is 2.50 bits per heavy atom. The van der Waals surface area contributed by atoms with Crippen LogP contribution in [-0.2, 0) is 10.2 Å². The lowest BCUT2D eigenvalue weighted by molar-refractivity contribution is 0.0484. The summed E-state index contributed by atoms with van der Waals surface area (Å²) in [6, 6.07) is 11.1. The van der Waals surface area contributed by atoms with Gasteiger partial charge in [-0.05, 0) is 54.3 Å². The van der Waals surface area contributed by atoms with Gasteiger partial charge < -0.3 is 19.2 Å². The minimum Gasteiger partial charge on any atom is -0.497 e. The zero-order valence-corrected chi connectivity index (χ0v) is 14.3. The van der Waals surface area contributed by atoms with Gasteiger partial charge in [-0.15, -0.1) is 0 Å². The van der Waals surface area contributed by atoms with E-state index in [2.05, 4.69) is 17.4 Å². The first-order valence-corrected chi connectivity index (χ1v) is 8.27. The molecule has 6 heteroatoms. The van der Waals surface area contributed by atoms with Gasteiger partial charge in [0.15, 0.2) is 11.0 Å². The Morgan fingerprint density at radius 1 is 1.21 bits per heavy atom. The molecule has 1 aromatic heterocycles. The normalized spacial score (nSPS) is 16.6. The Morgan fingerprint density at radius 2 is 1.92 bits per heavy atom. The SMILES string of the molecule is COc1ccc(C2(CNC(=O)c3ccc(Cl)o3)CCOCC2)cc1. The molecule has 0 radical (unpaired) electrons. The molecular weight excluding hydrogens is 330 g/mol. The lowest BCUT2D eigenvalue weighted by Crippen LogP contribution is -2.44. The van der Waals surface area contributed by atoms with Gasteiger partial charge in [0.25, 0.3) is 5.91 Å². The number of amides is 1. The molecule has 2 heterocycles. The molecule has 0 bridgehead atoms. The van der Waals surface area contributed by atoms with E-state index >= 15 is 0 Å². The molecule has 1 fully saturated rings. The lowest BCUT2D eigenvalue weighted by atomic mass is 9.74. The molecule has 0 atom stereocenters. The predicted octanol–water partition coefficient (Wildman–Crippen LogP) is 3.42. The Labute approximate surface area is 145 Å². The van der Waals surface area contributed by atoms with Gasteiger partial charge in [0, 0.05) is 25.2 Å². The van der Waals surface area contributed by atoms with Gasteiger partial charge in [0.1, 0.15) is 5.75 Å². The van der Waals surface area contributed by atoms with E-state index in [1.165, 1.54) is 5.56 Å². The van der Waals surface area contributed by atoms with Crippen LogP contribution in [0.5, 0.6) is 5.75 Å². The number of nitrogens with one attached hydrogen (secondary N) is 1. The Kier molecular flexibility index (Phi) is 5.11. The summed E-state index contributed by atoms with van der Waals surface area (Å²) in [6.45, 7) is 1.86. The number of hydrogen-bond acceptors (Lipinski definition) is 4. The molecule has 0 spiro atoms. The summed E-state index contributed by atoms with van der Waals surface area (Å²) in [7, 11) is 1.65. The molecule has 1 aliphatic rings. The quantitative estimate of drug-likeness (QED) is 0.898. The van der Waals surface area contributed by atoms with Gasteiger partial charge in [0.05, 0.1) is 7.11 Å². The predicted molar refractivity (Wildman–Crippen MR) is 90.8 cm³/mol. The summed E-state index contributed by atoms with van der Waals surface area (Å²) in [4.78, 5) is 12.3. The van der Waals surface area contributed by atoms with Crippen LogP contribution in [0.2, 0.25) is 5.22 Å². The Balaban J connectivity index is 1.76. The fraction of sp³-hybridized carbons (Fsp3) is 0.389. The molecule has 0 saturated carbocycles. The Hall–Kier alpha value is -1.98. The molecule has 128 valence electrons. The van der Waals surface area contributed by atoms with E-state index in [4.69, 9.17) is 25.5 Å². The summed E-state index contributed by atoms with van der Waals surface area (Å²) in [5, 5.41) is 3.18. The first-order valence-electron chi connectivity index (χ1n) is 7.89. The molecule has 1 saturated heterocycles. The number of ether oxygens (including phenoxy) is 2. The average Bonchev–Trinajstić information content (AvgIpc) is 3.07. The van der Waals surface area contributed by atoms with Crippen LogP contribution in [0.1, 0.15) is 29.0 Å². The van der Waals surface area contributed by atoms with Crippen molar-refractivity contribution in [3.05, 3.63) is 52.9 Å². The number of carbonyl (C=O) groups is 1. The van der Waals surface area contributed by atoms with Crippen LogP contribution in [0.15, 0.2) is 40.8 Å². The van der Waals surface area contributed by atoms with Crippen molar-refractivity contribution in [1.29, 1.82) is 0 Å². The highest BCUT2D eigenvalue weighted by Gasteiger charge is 2.35. The van der Waals surface area contributed by atoms with E-state index in [0.29, 0.717) is 19.8 Å². The van der Waals surface area contributed by atoms with Gasteiger partial charge in [-0.1, -0.05) is 12.1 Å². The first-order chi connectivity index (χ1) is 11.6. The van der Waals surface area contributed by atoms with Gasteiger partial charge in [0.2, 0.25) is 0 Å². The molecule has 1 amide bonds. The van der Waals surface area contributed by atoms with Crippen molar-refractivity contribution < 1.29 is 18.7 Å². The van der Waals surface area contributed by atoms with Crippen molar-refractivity contribution in [2.24, 2.45) is 0 Å². The zero-order chi connectivity index (χ0) is 17.0. The molecule has 2 aromatic rings. The van der Waals surface area contributed by atoms with Gasteiger partial charge in [-0.2, -0.15) is 0 Å². The zero-order valence-electron chi connectivity index (χ0n) is 13.5. The van der Waals surface area contributed by atoms with E-state index in [0.717, 1.165) is 18.6 Å². The van der Waals surface area contributed by atoms with Crippen molar-refractivity contribution in [2.45, 2.75) is 18.3 Å². The van der Waals surface area contributed by atoms with Crippen molar-refractivity contribution >= 4 is 17.5 Å². The van der Waals surface area contributed by atoms with Crippen LogP contribution in [0, 0.1) is 0 Å². The molecular formula is C18H20ClNO4. The lowest BCUT2D eigenvalue weighted by Gasteiger charge is -2.38. The maximum absolute atomic E-state index is 12.3. The second kappa shape index (κ2) is 7.28. The summed E-state index contributed by atoms with van der Waals surface area (Å²) in [5.74, 6) is 0.772. The molecule has 0 aliphatic carbocycles. The van der Waals surface area contributed by atoms with Crippen LogP contribution < -0.4 is 10.1 Å². The van der Waals surface area contributed by atoms with Gasteiger partial charge in [-0.25, -0.2) is 0 Å². The number of halogens is 1. The minimum atomic E-state index is -0.263. The molecule has 0 unspecified atom stereocenters. The highest BCUT2D eigenvalue weighted by atomic mass is 35.5. The second-order valence-electron chi connectivity index (χ2n) is 5.91. The smallest absolute Gasteiger partial charge is 0.287 e. The molecule has 1 aromatic carbocycles. The number of hydrogen-bond donors (Lipinski definition) is 1. The molecule has 24 heavy (non-hydrogen) atoms.